The Balaban J connectivity index is 2.01. The third-order valence-corrected chi connectivity index (χ3v) is 4.35. The van der Waals surface area contributed by atoms with Gasteiger partial charge in [0.1, 0.15) is 12.1 Å². The Morgan fingerprint density at radius 3 is 2.39 bits per heavy atom. The van der Waals surface area contributed by atoms with Gasteiger partial charge in [-0.15, -0.1) is 0 Å². The van der Waals surface area contributed by atoms with Gasteiger partial charge in [0.2, 0.25) is 0 Å². The molecule has 0 amide bonds. The van der Waals surface area contributed by atoms with E-state index in [1.54, 1.807) is 12.1 Å². The lowest BCUT2D eigenvalue weighted by Crippen LogP contribution is -2.10. The molecule has 0 atom stereocenters. The topological polar surface area (TPSA) is 115 Å². The predicted molar refractivity (Wildman–Crippen MR) is 102 cm³/mol. The first-order valence-electron chi connectivity index (χ1n) is 8.32. The Kier molecular flexibility index (Phi) is 4.15. The lowest BCUT2D eigenvalue weighted by Gasteiger charge is -2.12. The van der Waals surface area contributed by atoms with E-state index in [0.717, 1.165) is 16.6 Å². The number of carbonyl (C=O) groups is 1. The number of carboxylic acid groups (broad SMARTS) is 1. The molecule has 2 aromatic heterocycles. The zero-order chi connectivity index (χ0) is 19.8. The molecule has 2 heterocycles. The Hall–Kier alpha value is -3.94. The third-order valence-electron chi connectivity index (χ3n) is 4.35. The van der Waals surface area contributed by atoms with E-state index in [9.17, 15) is 14.3 Å². The molecule has 4 rings (SSSR count). The Labute approximate surface area is 158 Å². The minimum atomic E-state index is -1.28. The van der Waals surface area contributed by atoms with Crippen molar-refractivity contribution in [1.82, 2.24) is 19.9 Å². The van der Waals surface area contributed by atoms with Crippen LogP contribution in [0.3, 0.4) is 0 Å². The minimum Gasteiger partial charge on any atom is -0.476 e. The molecule has 3 N–H and O–H groups in total. The van der Waals surface area contributed by atoms with Crippen molar-refractivity contribution >= 4 is 22.7 Å². The van der Waals surface area contributed by atoms with Crippen LogP contribution in [0.5, 0.6) is 0 Å². The molecule has 0 saturated carbocycles. The first-order valence-corrected chi connectivity index (χ1v) is 8.32. The first kappa shape index (κ1) is 17.5. The van der Waals surface area contributed by atoms with Gasteiger partial charge in [-0.1, -0.05) is 6.07 Å². The van der Waals surface area contributed by atoms with E-state index in [4.69, 9.17) is 5.73 Å². The van der Waals surface area contributed by atoms with Gasteiger partial charge in [-0.3, -0.25) is 0 Å². The molecule has 4 aromatic rings. The molecule has 0 radical (unpaired) electrons. The molecule has 0 spiro atoms. The van der Waals surface area contributed by atoms with Gasteiger partial charge in [-0.2, -0.15) is 0 Å². The van der Waals surface area contributed by atoms with E-state index >= 15 is 0 Å². The lowest BCUT2D eigenvalue weighted by molar-refractivity contribution is 0.0691. The van der Waals surface area contributed by atoms with E-state index in [1.165, 1.54) is 30.6 Å². The van der Waals surface area contributed by atoms with Crippen LogP contribution in [-0.4, -0.2) is 31.0 Å². The van der Waals surface area contributed by atoms with Crippen molar-refractivity contribution in [3.63, 3.8) is 0 Å². The number of nitrogen functional groups attached to an aromatic ring is 1. The second-order valence-corrected chi connectivity index (χ2v) is 6.16. The smallest absolute Gasteiger partial charge is 0.358 e. The fourth-order valence-electron chi connectivity index (χ4n) is 2.95. The number of anilines is 1. The number of nitrogens with zero attached hydrogens (tertiary/aromatic N) is 4. The van der Waals surface area contributed by atoms with Gasteiger partial charge in [-0.05, 0) is 43.3 Å². The number of aromatic nitrogens is 4. The van der Waals surface area contributed by atoms with E-state index in [0.29, 0.717) is 22.5 Å². The van der Waals surface area contributed by atoms with Gasteiger partial charge in [0, 0.05) is 22.2 Å². The molecule has 0 saturated heterocycles. The molecule has 28 heavy (non-hydrogen) atoms. The van der Waals surface area contributed by atoms with Crippen LogP contribution in [0.1, 0.15) is 16.2 Å². The van der Waals surface area contributed by atoms with Gasteiger partial charge < -0.3 is 10.8 Å². The Morgan fingerprint density at radius 2 is 1.68 bits per heavy atom. The summed E-state index contributed by atoms with van der Waals surface area (Å²) < 4.78 is 13.3. The van der Waals surface area contributed by atoms with E-state index < -0.39 is 11.8 Å². The van der Waals surface area contributed by atoms with Crippen LogP contribution in [0.15, 0.2) is 48.8 Å². The largest absolute Gasteiger partial charge is 0.476 e. The summed E-state index contributed by atoms with van der Waals surface area (Å²) in [7, 11) is 0. The van der Waals surface area contributed by atoms with Crippen LogP contribution in [0.25, 0.3) is 33.4 Å². The average molecular weight is 375 g/mol. The van der Waals surface area contributed by atoms with E-state index in [1.807, 2.05) is 13.0 Å². The summed E-state index contributed by atoms with van der Waals surface area (Å²) in [5.74, 6) is -1.89. The zero-order valence-corrected chi connectivity index (χ0v) is 14.7. The molecule has 8 heteroatoms. The van der Waals surface area contributed by atoms with Crippen LogP contribution >= 0.6 is 0 Å². The SMILES string of the molecule is Cc1ncnc2ccc(-c3nc(C(=O)O)c(N)nc3-c3ccc(F)cc3)cc12. The van der Waals surface area contributed by atoms with E-state index in [2.05, 4.69) is 19.9 Å². The standard InChI is InChI=1S/C20H14FN5O2/c1-10-14-8-12(4-7-15(14)24-9-23-10)17-16(11-2-5-13(21)6-3-11)26-19(22)18(25-17)20(27)28/h2-9H,1H3,(H2,22,26)(H,27,28). The Bertz CT molecular complexity index is 1230. The fraction of sp³-hybridized carbons (Fsp3) is 0.0500. The molecule has 0 aliphatic heterocycles. The highest BCUT2D eigenvalue weighted by Crippen LogP contribution is 2.32. The van der Waals surface area contributed by atoms with Crippen LogP contribution in [0, 0.1) is 12.7 Å². The number of nitrogens with two attached hydrogens (primary N) is 1. The third kappa shape index (κ3) is 3.01. The molecule has 0 unspecified atom stereocenters. The normalized spacial score (nSPS) is 10.9. The average Bonchev–Trinajstić information content (AvgIpc) is 2.68. The van der Waals surface area contributed by atoms with E-state index in [-0.39, 0.29) is 11.5 Å². The maximum atomic E-state index is 13.3. The summed E-state index contributed by atoms with van der Waals surface area (Å²) in [6, 6.07) is 11.1. The fourth-order valence-corrected chi connectivity index (χ4v) is 2.95. The van der Waals surface area contributed by atoms with Crippen molar-refractivity contribution < 1.29 is 14.3 Å². The van der Waals surface area contributed by atoms with Crippen molar-refractivity contribution in [3.8, 4) is 22.5 Å². The highest BCUT2D eigenvalue weighted by atomic mass is 19.1. The predicted octanol–water partition coefficient (Wildman–Crippen LogP) is 3.48. The monoisotopic (exact) mass is 375 g/mol. The summed E-state index contributed by atoms with van der Waals surface area (Å²) in [4.78, 5) is 28.4. The maximum absolute atomic E-state index is 13.3. The zero-order valence-electron chi connectivity index (χ0n) is 14.7. The van der Waals surface area contributed by atoms with Crippen molar-refractivity contribution in [2.24, 2.45) is 0 Å². The second kappa shape index (κ2) is 6.66. The quantitative estimate of drug-likeness (QED) is 0.563. The maximum Gasteiger partial charge on any atom is 0.358 e. The van der Waals surface area contributed by atoms with Gasteiger partial charge in [0.05, 0.1) is 16.9 Å². The number of rotatable bonds is 3. The Morgan fingerprint density at radius 1 is 1.00 bits per heavy atom. The van der Waals surface area contributed by atoms with Crippen molar-refractivity contribution in [1.29, 1.82) is 0 Å². The highest BCUT2D eigenvalue weighted by Gasteiger charge is 2.20. The molecule has 138 valence electrons. The second-order valence-electron chi connectivity index (χ2n) is 6.16. The summed E-state index contributed by atoms with van der Waals surface area (Å²) in [6.07, 6.45) is 1.48. The molecule has 0 aliphatic rings. The molecule has 0 aliphatic carbocycles. The van der Waals surface area contributed by atoms with Crippen LogP contribution < -0.4 is 5.73 Å². The van der Waals surface area contributed by atoms with Gasteiger partial charge >= 0.3 is 5.97 Å². The number of hydrogen-bond donors (Lipinski definition) is 2. The van der Waals surface area contributed by atoms with Crippen molar-refractivity contribution in [2.75, 3.05) is 5.73 Å². The molecule has 0 bridgehead atoms. The van der Waals surface area contributed by atoms with Gasteiger partial charge in [0.15, 0.2) is 11.5 Å². The minimum absolute atomic E-state index is 0.212. The van der Waals surface area contributed by atoms with Crippen molar-refractivity contribution in [3.05, 3.63) is 66.0 Å². The summed E-state index contributed by atoms with van der Waals surface area (Å²) >= 11 is 0. The van der Waals surface area contributed by atoms with Crippen LogP contribution in [0.2, 0.25) is 0 Å². The summed E-state index contributed by atoms with van der Waals surface area (Å²) in [6.45, 7) is 1.85. The highest BCUT2D eigenvalue weighted by molar-refractivity contribution is 5.94. The van der Waals surface area contributed by atoms with Gasteiger partial charge in [-0.25, -0.2) is 29.1 Å². The number of fused-ring (bicyclic) bond motifs is 1. The summed E-state index contributed by atoms with van der Waals surface area (Å²) in [5.41, 5.74) is 8.85. The van der Waals surface area contributed by atoms with Gasteiger partial charge in [0.25, 0.3) is 0 Å². The molecular formula is C20H14FN5O2. The van der Waals surface area contributed by atoms with Crippen molar-refractivity contribution in [2.45, 2.75) is 6.92 Å². The summed E-state index contributed by atoms with van der Waals surface area (Å²) in [5, 5.41) is 10.2. The number of hydrogen-bond acceptors (Lipinski definition) is 6. The molecule has 0 fully saturated rings. The number of carboxylic acids is 1. The molecule has 2 aromatic carbocycles. The molecule has 7 nitrogen and oxygen atoms in total. The lowest BCUT2D eigenvalue weighted by atomic mass is 10.0. The number of aromatic carboxylic acids is 1. The van der Waals surface area contributed by atoms with Crippen LogP contribution in [0.4, 0.5) is 10.2 Å². The number of aryl methyl sites for hydroxylation is 1. The van der Waals surface area contributed by atoms with Crippen LogP contribution in [-0.2, 0) is 0 Å². The first-order chi connectivity index (χ1) is 13.4. The molecular weight excluding hydrogens is 361 g/mol. The number of halogens is 1. The number of benzene rings is 2.